The number of methoxy groups -OCH3 is 1. The number of hydrogen-bond acceptors (Lipinski definition) is 5. The molecule has 0 bridgehead atoms. The lowest BCUT2D eigenvalue weighted by Crippen LogP contribution is -2.18. The SMILES string of the molecule is COc1cc(/C=N\OCC(=O)Nc2c(C)cc(C)cc2C)ccc1OC(C)C. The molecule has 0 spiro atoms. The summed E-state index contributed by atoms with van der Waals surface area (Å²) in [6.45, 7) is 9.69. The van der Waals surface area contributed by atoms with Crippen LogP contribution in [0.3, 0.4) is 0 Å². The summed E-state index contributed by atoms with van der Waals surface area (Å²) in [6.07, 6.45) is 1.58. The molecule has 6 nitrogen and oxygen atoms in total. The van der Waals surface area contributed by atoms with E-state index in [1.54, 1.807) is 13.2 Å². The van der Waals surface area contributed by atoms with Crippen molar-refractivity contribution in [3.8, 4) is 11.5 Å². The average molecular weight is 384 g/mol. The molecule has 1 N–H and O–H groups in total. The fourth-order valence-electron chi connectivity index (χ4n) is 2.86. The van der Waals surface area contributed by atoms with Crippen LogP contribution in [-0.4, -0.2) is 31.9 Å². The number of oxime groups is 1. The van der Waals surface area contributed by atoms with Crippen molar-refractivity contribution in [1.82, 2.24) is 0 Å². The highest BCUT2D eigenvalue weighted by atomic mass is 16.6. The molecule has 0 fully saturated rings. The zero-order chi connectivity index (χ0) is 20.7. The van der Waals surface area contributed by atoms with Crippen LogP contribution in [0.4, 0.5) is 5.69 Å². The van der Waals surface area contributed by atoms with E-state index in [4.69, 9.17) is 14.3 Å². The average Bonchev–Trinajstić information content (AvgIpc) is 2.62. The van der Waals surface area contributed by atoms with Crippen LogP contribution in [0.5, 0.6) is 11.5 Å². The lowest BCUT2D eigenvalue weighted by atomic mass is 10.1. The number of carbonyl (C=O) groups excluding carboxylic acids is 1. The van der Waals surface area contributed by atoms with Crippen LogP contribution in [0.15, 0.2) is 35.5 Å². The van der Waals surface area contributed by atoms with Crippen LogP contribution in [0.1, 0.15) is 36.1 Å². The van der Waals surface area contributed by atoms with Gasteiger partial charge in [0.2, 0.25) is 0 Å². The maximum atomic E-state index is 12.1. The number of rotatable bonds is 8. The van der Waals surface area contributed by atoms with Crippen molar-refractivity contribution in [2.45, 2.75) is 40.7 Å². The Labute approximate surface area is 166 Å². The van der Waals surface area contributed by atoms with E-state index in [2.05, 4.69) is 10.5 Å². The topological polar surface area (TPSA) is 69.2 Å². The summed E-state index contributed by atoms with van der Waals surface area (Å²) < 4.78 is 11.0. The van der Waals surface area contributed by atoms with Crippen LogP contribution < -0.4 is 14.8 Å². The molecule has 28 heavy (non-hydrogen) atoms. The molecule has 0 aliphatic carbocycles. The van der Waals surface area contributed by atoms with E-state index < -0.39 is 0 Å². The molecule has 0 atom stereocenters. The fraction of sp³-hybridized carbons (Fsp3) is 0.364. The number of amides is 1. The Bertz CT molecular complexity index is 837. The van der Waals surface area contributed by atoms with E-state index >= 15 is 0 Å². The predicted octanol–water partition coefficient (Wildman–Crippen LogP) is 4.40. The fourth-order valence-corrected chi connectivity index (χ4v) is 2.86. The molecule has 0 unspecified atom stereocenters. The largest absolute Gasteiger partial charge is 0.493 e. The first-order valence-corrected chi connectivity index (χ1v) is 9.18. The standard InChI is InChI=1S/C22H28N2O4/c1-14(2)28-19-8-7-18(11-20(19)26-6)12-23-27-13-21(25)24-22-16(4)9-15(3)10-17(22)5/h7-12,14H,13H2,1-6H3,(H,24,25)/b23-12-. The van der Waals surface area contributed by atoms with Gasteiger partial charge in [-0.3, -0.25) is 4.79 Å². The Balaban J connectivity index is 1.92. The third-order valence-corrected chi connectivity index (χ3v) is 3.96. The van der Waals surface area contributed by atoms with Gasteiger partial charge < -0.3 is 19.6 Å². The quantitative estimate of drug-likeness (QED) is 0.541. The van der Waals surface area contributed by atoms with Crippen LogP contribution >= 0.6 is 0 Å². The second kappa shape index (κ2) is 9.78. The van der Waals surface area contributed by atoms with Gasteiger partial charge in [-0.1, -0.05) is 22.9 Å². The van der Waals surface area contributed by atoms with Gasteiger partial charge in [-0.05, 0) is 63.9 Å². The van der Waals surface area contributed by atoms with Crippen LogP contribution in [-0.2, 0) is 9.63 Å². The van der Waals surface area contributed by atoms with Crippen molar-refractivity contribution in [3.05, 3.63) is 52.6 Å². The molecule has 2 rings (SSSR count). The second-order valence-electron chi connectivity index (χ2n) is 6.91. The van der Waals surface area contributed by atoms with Gasteiger partial charge in [0, 0.05) is 11.3 Å². The molecule has 6 heteroatoms. The monoisotopic (exact) mass is 384 g/mol. The van der Waals surface area contributed by atoms with Gasteiger partial charge in [-0.2, -0.15) is 0 Å². The highest BCUT2D eigenvalue weighted by Crippen LogP contribution is 2.28. The van der Waals surface area contributed by atoms with Crippen molar-refractivity contribution < 1.29 is 19.1 Å². The maximum absolute atomic E-state index is 12.1. The van der Waals surface area contributed by atoms with Crippen LogP contribution in [0, 0.1) is 20.8 Å². The number of benzene rings is 2. The Morgan fingerprint density at radius 1 is 1.11 bits per heavy atom. The zero-order valence-corrected chi connectivity index (χ0v) is 17.3. The molecule has 150 valence electrons. The summed E-state index contributed by atoms with van der Waals surface area (Å²) in [7, 11) is 1.58. The molecule has 2 aromatic rings. The Morgan fingerprint density at radius 2 is 1.79 bits per heavy atom. The third-order valence-electron chi connectivity index (χ3n) is 3.96. The first kappa shape index (κ1) is 21.3. The first-order valence-electron chi connectivity index (χ1n) is 9.18. The van der Waals surface area contributed by atoms with Gasteiger partial charge in [0.05, 0.1) is 19.4 Å². The molecule has 1 amide bonds. The molecule has 0 saturated heterocycles. The molecule has 2 aromatic carbocycles. The minimum absolute atomic E-state index is 0.0519. The molecule has 0 heterocycles. The van der Waals surface area contributed by atoms with Crippen molar-refractivity contribution in [2.24, 2.45) is 5.16 Å². The minimum Gasteiger partial charge on any atom is -0.493 e. The van der Waals surface area contributed by atoms with Gasteiger partial charge >= 0.3 is 0 Å². The number of anilines is 1. The number of ether oxygens (including phenoxy) is 2. The zero-order valence-electron chi connectivity index (χ0n) is 17.3. The molecule has 0 aliphatic rings. The lowest BCUT2D eigenvalue weighted by Gasteiger charge is -2.13. The van der Waals surface area contributed by atoms with E-state index in [1.165, 1.54) is 6.21 Å². The molecule has 0 saturated carbocycles. The molecule has 0 aromatic heterocycles. The predicted molar refractivity (Wildman–Crippen MR) is 112 cm³/mol. The Hall–Kier alpha value is -3.02. The van der Waals surface area contributed by atoms with Crippen LogP contribution in [0.25, 0.3) is 0 Å². The molecule has 0 radical (unpaired) electrons. The normalized spacial score (nSPS) is 11.0. The highest BCUT2D eigenvalue weighted by Gasteiger charge is 2.09. The number of nitrogens with one attached hydrogen (secondary N) is 1. The van der Waals surface area contributed by atoms with E-state index in [0.29, 0.717) is 11.5 Å². The van der Waals surface area contributed by atoms with Gasteiger partial charge in [-0.15, -0.1) is 0 Å². The number of nitrogens with zero attached hydrogens (tertiary/aromatic N) is 1. The maximum Gasteiger partial charge on any atom is 0.265 e. The summed E-state index contributed by atoms with van der Waals surface area (Å²) in [5, 5.41) is 6.74. The van der Waals surface area contributed by atoms with Gasteiger partial charge in [0.25, 0.3) is 5.91 Å². The molecular weight excluding hydrogens is 356 g/mol. The van der Waals surface area contributed by atoms with Crippen molar-refractivity contribution in [1.29, 1.82) is 0 Å². The van der Waals surface area contributed by atoms with E-state index in [9.17, 15) is 4.79 Å². The first-order chi connectivity index (χ1) is 13.3. The van der Waals surface area contributed by atoms with Crippen molar-refractivity contribution in [3.63, 3.8) is 0 Å². The van der Waals surface area contributed by atoms with Crippen LogP contribution in [0.2, 0.25) is 0 Å². The summed E-state index contributed by atoms with van der Waals surface area (Å²) >= 11 is 0. The van der Waals surface area contributed by atoms with Crippen molar-refractivity contribution >= 4 is 17.8 Å². The lowest BCUT2D eigenvalue weighted by molar-refractivity contribution is -0.120. The van der Waals surface area contributed by atoms with Gasteiger partial charge in [0.15, 0.2) is 18.1 Å². The van der Waals surface area contributed by atoms with E-state index in [1.807, 2.05) is 58.9 Å². The molecule has 0 aliphatic heterocycles. The van der Waals surface area contributed by atoms with Gasteiger partial charge in [0.1, 0.15) is 0 Å². The number of hydrogen-bond donors (Lipinski definition) is 1. The summed E-state index contributed by atoms with van der Waals surface area (Å²) in [4.78, 5) is 17.2. The summed E-state index contributed by atoms with van der Waals surface area (Å²) in [5.41, 5.74) is 4.79. The Morgan fingerprint density at radius 3 is 2.39 bits per heavy atom. The molecular formula is C22H28N2O4. The summed E-state index contributed by atoms with van der Waals surface area (Å²) in [5.74, 6) is 1.02. The third kappa shape index (κ3) is 6.01. The number of carbonyl (C=O) groups is 1. The van der Waals surface area contributed by atoms with Gasteiger partial charge in [-0.25, -0.2) is 0 Å². The number of aryl methyl sites for hydroxylation is 3. The van der Waals surface area contributed by atoms with E-state index in [-0.39, 0.29) is 18.6 Å². The second-order valence-corrected chi connectivity index (χ2v) is 6.91. The minimum atomic E-state index is -0.259. The highest BCUT2D eigenvalue weighted by molar-refractivity contribution is 5.93. The summed E-state index contributed by atoms with van der Waals surface area (Å²) in [6, 6.07) is 9.51. The van der Waals surface area contributed by atoms with E-state index in [0.717, 1.165) is 27.9 Å². The smallest absolute Gasteiger partial charge is 0.265 e. The Kier molecular flexibility index (Phi) is 7.44. The van der Waals surface area contributed by atoms with Crippen molar-refractivity contribution in [2.75, 3.05) is 19.0 Å².